The minimum atomic E-state index is -4.31. The minimum Gasteiger partial charge on any atom is -0.480 e. The summed E-state index contributed by atoms with van der Waals surface area (Å²) >= 11 is 0. The average Bonchev–Trinajstić information content (AvgIpc) is 3.17. The topological polar surface area (TPSA) is 161 Å². The molecule has 4 fully saturated rings. The Morgan fingerprint density at radius 2 is 1.63 bits per heavy atom. The van der Waals surface area contributed by atoms with Crippen LogP contribution in [0.2, 0.25) is 0 Å². The fraction of sp³-hybridized carbons (Fsp3) is 0.929. The summed E-state index contributed by atoms with van der Waals surface area (Å²) in [5, 5.41) is 33.4. The molecule has 0 saturated heterocycles. The lowest BCUT2D eigenvalue weighted by Gasteiger charge is -2.62. The van der Waals surface area contributed by atoms with Crippen molar-refractivity contribution in [1.82, 2.24) is 5.32 Å². The number of carbonyl (C=O) groups is 2. The van der Waals surface area contributed by atoms with Crippen molar-refractivity contribution < 1.29 is 37.9 Å². The van der Waals surface area contributed by atoms with Crippen LogP contribution in [0.5, 0.6) is 0 Å². The number of carboxylic acids is 1. The van der Waals surface area contributed by atoms with Gasteiger partial charge in [-0.25, -0.2) is 4.79 Å². The standard InChI is InChI=1S/C28H47NO8S/c1-16(4-7-24(32)29-22(26(33)34)10-13-38(35,36)37)19-5-6-20-25-21(9-12-28(19,20)3)27(2)11-8-18(30)14-17(27)15-23(25)31/h16-23,25,30-31H,4-15H2,1-3H3,(H,29,32)(H,33,34)(H,35,36,37). The SMILES string of the molecule is CC(CCC(=O)NC(CCS(=O)(=O)O)C(=O)O)C1CCC2C3C(O)CC4CC(O)CCC4(C)C3CCC12C. The van der Waals surface area contributed by atoms with Crippen LogP contribution in [-0.2, 0) is 19.7 Å². The van der Waals surface area contributed by atoms with E-state index in [2.05, 4.69) is 26.1 Å². The highest BCUT2D eigenvalue weighted by Gasteiger charge is 2.62. The number of rotatable bonds is 9. The molecule has 4 saturated carbocycles. The summed E-state index contributed by atoms with van der Waals surface area (Å²) in [5.41, 5.74) is 0.275. The predicted octanol–water partition coefficient (Wildman–Crippen LogP) is 3.24. The first-order valence-electron chi connectivity index (χ1n) is 14.5. The van der Waals surface area contributed by atoms with Crippen molar-refractivity contribution >= 4 is 22.0 Å². The van der Waals surface area contributed by atoms with Gasteiger partial charge in [0.2, 0.25) is 5.91 Å². The molecule has 4 aliphatic carbocycles. The number of aliphatic hydroxyl groups is 2. The van der Waals surface area contributed by atoms with Gasteiger partial charge in [-0.05, 0) is 111 Å². The third kappa shape index (κ3) is 5.79. The largest absolute Gasteiger partial charge is 0.480 e. The van der Waals surface area contributed by atoms with Crippen LogP contribution in [0, 0.1) is 46.3 Å². The number of aliphatic carboxylic acids is 1. The third-order valence-corrected chi connectivity index (χ3v) is 12.3. The molecule has 0 heterocycles. The second-order valence-electron chi connectivity index (χ2n) is 13.5. The van der Waals surface area contributed by atoms with Crippen molar-refractivity contribution in [2.75, 3.05) is 5.75 Å². The number of aliphatic hydroxyl groups excluding tert-OH is 2. The van der Waals surface area contributed by atoms with Gasteiger partial charge < -0.3 is 20.6 Å². The Kier molecular flexibility index (Phi) is 8.59. The maximum absolute atomic E-state index is 12.6. The number of amides is 1. The van der Waals surface area contributed by atoms with Crippen molar-refractivity contribution in [2.45, 2.75) is 110 Å². The smallest absolute Gasteiger partial charge is 0.326 e. The molecular weight excluding hydrogens is 510 g/mol. The van der Waals surface area contributed by atoms with Crippen LogP contribution in [0.3, 0.4) is 0 Å². The molecule has 0 aliphatic heterocycles. The molecule has 0 aromatic heterocycles. The molecule has 11 unspecified atom stereocenters. The van der Waals surface area contributed by atoms with Crippen LogP contribution in [0.15, 0.2) is 0 Å². The van der Waals surface area contributed by atoms with Crippen molar-refractivity contribution in [2.24, 2.45) is 46.3 Å². The highest BCUT2D eigenvalue weighted by Crippen LogP contribution is 2.68. The number of hydrogen-bond acceptors (Lipinski definition) is 6. The summed E-state index contributed by atoms with van der Waals surface area (Å²) in [4.78, 5) is 24.0. The lowest BCUT2D eigenvalue weighted by atomic mass is 9.43. The molecule has 0 aromatic carbocycles. The summed E-state index contributed by atoms with van der Waals surface area (Å²) in [5.74, 6) is -0.216. The molecule has 0 aromatic rings. The highest BCUT2D eigenvalue weighted by atomic mass is 32.2. The van der Waals surface area contributed by atoms with E-state index in [1.165, 1.54) is 0 Å². The predicted molar refractivity (Wildman–Crippen MR) is 142 cm³/mol. The molecule has 11 atom stereocenters. The van der Waals surface area contributed by atoms with E-state index < -0.39 is 33.8 Å². The van der Waals surface area contributed by atoms with E-state index in [9.17, 15) is 33.3 Å². The maximum Gasteiger partial charge on any atom is 0.326 e. The van der Waals surface area contributed by atoms with Crippen molar-refractivity contribution in [1.29, 1.82) is 0 Å². The van der Waals surface area contributed by atoms with Gasteiger partial charge in [0.15, 0.2) is 0 Å². The Hall–Kier alpha value is -1.23. The zero-order valence-electron chi connectivity index (χ0n) is 23.0. The van der Waals surface area contributed by atoms with Crippen LogP contribution in [0.25, 0.3) is 0 Å². The Bertz CT molecular complexity index is 1000. The van der Waals surface area contributed by atoms with E-state index in [1.54, 1.807) is 0 Å². The van der Waals surface area contributed by atoms with Gasteiger partial charge in [-0.2, -0.15) is 8.42 Å². The van der Waals surface area contributed by atoms with E-state index in [1.807, 2.05) is 0 Å². The summed E-state index contributed by atoms with van der Waals surface area (Å²) in [6.07, 6.45) is 7.62. The summed E-state index contributed by atoms with van der Waals surface area (Å²) in [6.45, 7) is 6.95. The highest BCUT2D eigenvalue weighted by molar-refractivity contribution is 7.85. The fourth-order valence-corrected chi connectivity index (χ4v) is 10.1. The van der Waals surface area contributed by atoms with Gasteiger partial charge in [0.1, 0.15) is 6.04 Å². The molecule has 5 N–H and O–H groups in total. The van der Waals surface area contributed by atoms with Crippen molar-refractivity contribution in [3.8, 4) is 0 Å². The Labute approximate surface area is 226 Å². The summed E-state index contributed by atoms with van der Waals surface area (Å²) < 4.78 is 30.9. The molecule has 9 nitrogen and oxygen atoms in total. The average molecular weight is 558 g/mol. The van der Waals surface area contributed by atoms with E-state index in [4.69, 9.17) is 4.55 Å². The van der Waals surface area contributed by atoms with Crippen LogP contribution >= 0.6 is 0 Å². The van der Waals surface area contributed by atoms with Gasteiger partial charge in [-0.3, -0.25) is 9.35 Å². The lowest BCUT2D eigenvalue weighted by molar-refractivity contribution is -0.174. The molecule has 0 radical (unpaired) electrons. The second kappa shape index (κ2) is 11.0. The quantitative estimate of drug-likeness (QED) is 0.270. The van der Waals surface area contributed by atoms with Gasteiger partial charge in [0.05, 0.1) is 18.0 Å². The van der Waals surface area contributed by atoms with Crippen LogP contribution in [0.4, 0.5) is 0 Å². The number of carbonyl (C=O) groups excluding carboxylic acids is 1. The Morgan fingerprint density at radius 1 is 0.974 bits per heavy atom. The maximum atomic E-state index is 12.6. The van der Waals surface area contributed by atoms with Gasteiger partial charge in [-0.1, -0.05) is 20.8 Å². The normalized spacial score (nSPS) is 42.3. The number of carboxylic acid groups (broad SMARTS) is 1. The molecule has 4 aliphatic rings. The van der Waals surface area contributed by atoms with E-state index in [0.29, 0.717) is 30.1 Å². The molecule has 218 valence electrons. The van der Waals surface area contributed by atoms with E-state index in [0.717, 1.165) is 51.4 Å². The molecule has 4 rings (SSSR count). The van der Waals surface area contributed by atoms with E-state index in [-0.39, 0.29) is 47.7 Å². The van der Waals surface area contributed by atoms with Crippen LogP contribution in [0.1, 0.15) is 91.4 Å². The summed E-state index contributed by atoms with van der Waals surface area (Å²) in [6, 6.07) is -1.36. The first-order chi connectivity index (χ1) is 17.7. The van der Waals surface area contributed by atoms with Gasteiger partial charge in [0, 0.05) is 6.42 Å². The third-order valence-electron chi connectivity index (χ3n) is 11.5. The second-order valence-corrected chi connectivity index (χ2v) is 15.1. The molecular formula is C28H47NO8S. The van der Waals surface area contributed by atoms with Gasteiger partial charge >= 0.3 is 5.97 Å². The number of hydrogen-bond donors (Lipinski definition) is 5. The zero-order valence-corrected chi connectivity index (χ0v) is 23.8. The summed E-state index contributed by atoms with van der Waals surface area (Å²) in [7, 11) is -4.31. The number of nitrogens with one attached hydrogen (secondary N) is 1. The number of fused-ring (bicyclic) bond motifs is 5. The van der Waals surface area contributed by atoms with Crippen molar-refractivity contribution in [3.63, 3.8) is 0 Å². The van der Waals surface area contributed by atoms with E-state index >= 15 is 0 Å². The molecule has 10 heteroatoms. The lowest BCUT2D eigenvalue weighted by Crippen LogP contribution is -2.58. The minimum absolute atomic E-state index is 0.0918. The van der Waals surface area contributed by atoms with Gasteiger partial charge in [-0.15, -0.1) is 0 Å². The first kappa shape index (κ1) is 29.7. The Balaban J connectivity index is 1.37. The van der Waals surface area contributed by atoms with Gasteiger partial charge in [0.25, 0.3) is 10.1 Å². The molecule has 0 spiro atoms. The van der Waals surface area contributed by atoms with Crippen molar-refractivity contribution in [3.05, 3.63) is 0 Å². The first-order valence-corrected chi connectivity index (χ1v) is 16.1. The fourth-order valence-electron chi connectivity index (χ4n) is 9.53. The zero-order chi connectivity index (χ0) is 28.0. The van der Waals surface area contributed by atoms with Crippen LogP contribution in [-0.4, -0.2) is 64.2 Å². The molecule has 38 heavy (non-hydrogen) atoms. The molecule has 0 bridgehead atoms. The monoisotopic (exact) mass is 557 g/mol. The molecule has 1 amide bonds. The Morgan fingerprint density at radius 3 is 2.29 bits per heavy atom. The van der Waals surface area contributed by atoms with Crippen LogP contribution < -0.4 is 5.32 Å².